The fraction of sp³-hybridized carbons (Fsp3) is 0.294. The van der Waals surface area contributed by atoms with Crippen LogP contribution in [0.15, 0.2) is 56.7 Å². The van der Waals surface area contributed by atoms with Crippen molar-refractivity contribution in [3.05, 3.63) is 58.3 Å². The van der Waals surface area contributed by atoms with Crippen LogP contribution >= 0.6 is 27.7 Å². The molecule has 0 bridgehead atoms. The summed E-state index contributed by atoms with van der Waals surface area (Å²) >= 11 is 4.84. The molecule has 2 rings (SSSR count). The highest BCUT2D eigenvalue weighted by atomic mass is 79.9. The van der Waals surface area contributed by atoms with E-state index in [9.17, 15) is 4.39 Å². The van der Waals surface area contributed by atoms with Crippen LogP contribution in [0.4, 0.5) is 4.39 Å². The Hall–Kier alpha value is -0.840. The van der Waals surface area contributed by atoms with E-state index in [-0.39, 0.29) is 5.82 Å². The Balaban J connectivity index is 2.00. The zero-order valence-electron chi connectivity index (χ0n) is 12.2. The number of benzene rings is 2. The molecule has 0 heterocycles. The zero-order valence-corrected chi connectivity index (χ0v) is 14.6. The van der Waals surface area contributed by atoms with Gasteiger partial charge in [0.25, 0.3) is 0 Å². The van der Waals surface area contributed by atoms with E-state index in [1.165, 1.54) is 11.8 Å². The van der Waals surface area contributed by atoms with Crippen molar-refractivity contribution in [3.63, 3.8) is 0 Å². The van der Waals surface area contributed by atoms with Crippen LogP contribution in [0.2, 0.25) is 0 Å². The van der Waals surface area contributed by atoms with E-state index < -0.39 is 0 Å². The van der Waals surface area contributed by atoms with Gasteiger partial charge in [-0.25, -0.2) is 4.39 Å². The van der Waals surface area contributed by atoms with Crippen LogP contribution in [0, 0.1) is 11.7 Å². The fourth-order valence-electron chi connectivity index (χ4n) is 1.87. The van der Waals surface area contributed by atoms with Crippen molar-refractivity contribution in [3.8, 4) is 0 Å². The molecular weight excluding hydrogens is 349 g/mol. The topological polar surface area (TPSA) is 12.0 Å². The molecule has 2 aromatic carbocycles. The van der Waals surface area contributed by atoms with Crippen molar-refractivity contribution in [2.75, 3.05) is 6.54 Å². The molecule has 0 aliphatic rings. The summed E-state index contributed by atoms with van der Waals surface area (Å²) in [6.45, 7) is 5.96. The molecule has 0 aromatic heterocycles. The summed E-state index contributed by atoms with van der Waals surface area (Å²) in [6, 6.07) is 13.3. The van der Waals surface area contributed by atoms with Gasteiger partial charge in [0.15, 0.2) is 0 Å². The lowest BCUT2D eigenvalue weighted by molar-refractivity contribution is 0.548. The number of hydrogen-bond donors (Lipinski definition) is 1. The Labute approximate surface area is 138 Å². The maximum absolute atomic E-state index is 14.1. The maximum Gasteiger partial charge on any atom is 0.137 e. The lowest BCUT2D eigenvalue weighted by atomic mass is 10.2. The summed E-state index contributed by atoms with van der Waals surface area (Å²) in [5, 5.41) is 3.33. The predicted molar refractivity (Wildman–Crippen MR) is 91.2 cm³/mol. The number of halogens is 2. The van der Waals surface area contributed by atoms with E-state index in [0.717, 1.165) is 21.5 Å². The molecule has 112 valence electrons. The average molecular weight is 368 g/mol. The van der Waals surface area contributed by atoms with Crippen LogP contribution < -0.4 is 5.32 Å². The second-order valence-corrected chi connectivity index (χ2v) is 7.38. The van der Waals surface area contributed by atoms with Gasteiger partial charge in [-0.05, 0) is 54.4 Å². The molecule has 4 heteroatoms. The van der Waals surface area contributed by atoms with Crippen LogP contribution in [0.1, 0.15) is 19.4 Å². The summed E-state index contributed by atoms with van der Waals surface area (Å²) < 4.78 is 15.2. The standard InChI is InChI=1S/C17H19BrFNS/c1-12(2)10-20-11-13-3-8-17(16(19)9-13)21-15-6-4-14(18)5-7-15/h3-9,12,20H,10-11H2,1-2H3. The normalized spacial score (nSPS) is 11.1. The minimum atomic E-state index is -0.160. The summed E-state index contributed by atoms with van der Waals surface area (Å²) in [5.41, 5.74) is 0.980. The van der Waals surface area contributed by atoms with Gasteiger partial charge in [-0.15, -0.1) is 0 Å². The van der Waals surface area contributed by atoms with Crippen LogP contribution in [-0.4, -0.2) is 6.54 Å². The first-order valence-corrected chi connectivity index (χ1v) is 8.58. The molecule has 0 aliphatic carbocycles. The van der Waals surface area contributed by atoms with Gasteiger partial charge >= 0.3 is 0 Å². The second kappa shape index (κ2) is 7.97. The predicted octanol–water partition coefficient (Wildman–Crippen LogP) is 5.49. The first-order chi connectivity index (χ1) is 10.0. The van der Waals surface area contributed by atoms with E-state index in [0.29, 0.717) is 17.4 Å². The van der Waals surface area contributed by atoms with Gasteiger partial charge in [-0.2, -0.15) is 0 Å². The first kappa shape index (κ1) is 16.5. The van der Waals surface area contributed by atoms with Crippen molar-refractivity contribution in [1.29, 1.82) is 0 Å². The first-order valence-electron chi connectivity index (χ1n) is 6.97. The smallest absolute Gasteiger partial charge is 0.137 e. The molecule has 0 saturated carbocycles. The molecule has 1 nitrogen and oxygen atoms in total. The summed E-state index contributed by atoms with van der Waals surface area (Å²) in [7, 11) is 0. The highest BCUT2D eigenvalue weighted by molar-refractivity contribution is 9.10. The van der Waals surface area contributed by atoms with E-state index in [2.05, 4.69) is 35.1 Å². The van der Waals surface area contributed by atoms with Gasteiger partial charge < -0.3 is 5.32 Å². The van der Waals surface area contributed by atoms with Gasteiger partial charge in [-0.1, -0.05) is 47.6 Å². The molecule has 0 atom stereocenters. The number of nitrogens with one attached hydrogen (secondary N) is 1. The van der Waals surface area contributed by atoms with Crippen molar-refractivity contribution in [1.82, 2.24) is 5.32 Å². The highest BCUT2D eigenvalue weighted by Crippen LogP contribution is 2.31. The molecule has 0 spiro atoms. The molecule has 21 heavy (non-hydrogen) atoms. The van der Waals surface area contributed by atoms with Gasteiger partial charge in [0.1, 0.15) is 5.82 Å². The quantitative estimate of drug-likeness (QED) is 0.724. The molecule has 0 unspecified atom stereocenters. The van der Waals surface area contributed by atoms with E-state index in [4.69, 9.17) is 0 Å². The molecule has 1 N–H and O–H groups in total. The van der Waals surface area contributed by atoms with Crippen LogP contribution in [0.25, 0.3) is 0 Å². The van der Waals surface area contributed by atoms with E-state index in [1.807, 2.05) is 36.4 Å². The Kier molecular flexibility index (Phi) is 6.27. The summed E-state index contributed by atoms with van der Waals surface area (Å²) in [4.78, 5) is 1.69. The Morgan fingerprint density at radius 1 is 1.14 bits per heavy atom. The number of hydrogen-bond acceptors (Lipinski definition) is 2. The van der Waals surface area contributed by atoms with Crippen molar-refractivity contribution in [2.45, 2.75) is 30.2 Å². The molecule has 0 aliphatic heterocycles. The van der Waals surface area contributed by atoms with Crippen molar-refractivity contribution < 1.29 is 4.39 Å². The Morgan fingerprint density at radius 2 is 1.86 bits per heavy atom. The van der Waals surface area contributed by atoms with Gasteiger partial charge in [0, 0.05) is 20.8 Å². The molecule has 2 aromatic rings. The van der Waals surface area contributed by atoms with Crippen molar-refractivity contribution >= 4 is 27.7 Å². The summed E-state index contributed by atoms with van der Waals surface area (Å²) in [6.07, 6.45) is 0. The monoisotopic (exact) mass is 367 g/mol. The average Bonchev–Trinajstić information content (AvgIpc) is 2.44. The Bertz CT molecular complexity index is 584. The third-order valence-electron chi connectivity index (χ3n) is 2.92. The van der Waals surface area contributed by atoms with E-state index in [1.54, 1.807) is 6.07 Å². The molecule has 0 amide bonds. The fourth-order valence-corrected chi connectivity index (χ4v) is 2.95. The van der Waals surface area contributed by atoms with Crippen LogP contribution in [0.5, 0.6) is 0 Å². The molecule has 0 radical (unpaired) electrons. The highest BCUT2D eigenvalue weighted by Gasteiger charge is 2.06. The van der Waals surface area contributed by atoms with Crippen LogP contribution in [-0.2, 0) is 6.54 Å². The number of rotatable bonds is 6. The van der Waals surface area contributed by atoms with Crippen LogP contribution in [0.3, 0.4) is 0 Å². The molecular formula is C17H19BrFNS. The lowest BCUT2D eigenvalue weighted by Crippen LogP contribution is -2.18. The lowest BCUT2D eigenvalue weighted by Gasteiger charge is -2.09. The van der Waals surface area contributed by atoms with Gasteiger partial charge in [0.2, 0.25) is 0 Å². The van der Waals surface area contributed by atoms with E-state index >= 15 is 0 Å². The SMILES string of the molecule is CC(C)CNCc1ccc(Sc2ccc(Br)cc2)c(F)c1. The largest absolute Gasteiger partial charge is 0.312 e. The molecule has 0 fully saturated rings. The molecule has 0 saturated heterocycles. The zero-order chi connectivity index (χ0) is 15.2. The third kappa shape index (κ3) is 5.46. The maximum atomic E-state index is 14.1. The second-order valence-electron chi connectivity index (χ2n) is 5.35. The summed E-state index contributed by atoms with van der Waals surface area (Å²) in [5.74, 6) is 0.439. The van der Waals surface area contributed by atoms with Crippen molar-refractivity contribution in [2.24, 2.45) is 5.92 Å². The van der Waals surface area contributed by atoms with Gasteiger partial charge in [0.05, 0.1) is 0 Å². The third-order valence-corrected chi connectivity index (χ3v) is 4.51. The minimum Gasteiger partial charge on any atom is -0.312 e. The minimum absolute atomic E-state index is 0.160. The Morgan fingerprint density at radius 3 is 2.48 bits per heavy atom. The van der Waals surface area contributed by atoms with Gasteiger partial charge in [-0.3, -0.25) is 0 Å².